The Morgan fingerprint density at radius 2 is 2.25 bits per heavy atom. The van der Waals surface area contributed by atoms with Crippen LogP contribution >= 0.6 is 0 Å². The summed E-state index contributed by atoms with van der Waals surface area (Å²) in [4.78, 5) is 2.41. The van der Waals surface area contributed by atoms with Gasteiger partial charge in [-0.1, -0.05) is 18.6 Å². The molecular formula is C12H21NO2S. The molecule has 2 atom stereocenters. The van der Waals surface area contributed by atoms with Crippen molar-refractivity contribution in [2.75, 3.05) is 31.1 Å². The number of sulfone groups is 1. The second-order valence-electron chi connectivity index (χ2n) is 5.45. The van der Waals surface area contributed by atoms with Crippen LogP contribution in [0.15, 0.2) is 11.6 Å². The molecule has 2 rings (SSSR count). The molecule has 1 fully saturated rings. The monoisotopic (exact) mass is 243 g/mol. The highest BCUT2D eigenvalue weighted by Gasteiger charge is 2.29. The van der Waals surface area contributed by atoms with E-state index in [0.717, 1.165) is 26.1 Å². The first-order valence-electron chi connectivity index (χ1n) is 6.05. The summed E-state index contributed by atoms with van der Waals surface area (Å²) in [6.07, 6.45) is 3.18. The van der Waals surface area contributed by atoms with Gasteiger partial charge >= 0.3 is 0 Å². The summed E-state index contributed by atoms with van der Waals surface area (Å²) in [6.45, 7) is 7.43. The van der Waals surface area contributed by atoms with Crippen molar-refractivity contribution in [2.45, 2.75) is 20.3 Å². The predicted octanol–water partition coefficient (Wildman–Crippen LogP) is 1.32. The molecule has 0 aliphatic carbocycles. The van der Waals surface area contributed by atoms with Crippen molar-refractivity contribution >= 4 is 9.84 Å². The fraction of sp³-hybridized carbons (Fsp3) is 0.833. The normalized spacial score (nSPS) is 35.0. The van der Waals surface area contributed by atoms with Crippen molar-refractivity contribution in [3.63, 3.8) is 0 Å². The minimum absolute atomic E-state index is 0.364. The minimum atomic E-state index is -2.71. The summed E-state index contributed by atoms with van der Waals surface area (Å²) in [5.41, 5.74) is 1.42. The lowest BCUT2D eigenvalue weighted by atomic mass is 10.0. The highest BCUT2D eigenvalue weighted by atomic mass is 32.2. The average molecular weight is 243 g/mol. The van der Waals surface area contributed by atoms with E-state index in [9.17, 15) is 8.42 Å². The van der Waals surface area contributed by atoms with Crippen molar-refractivity contribution in [3.8, 4) is 0 Å². The molecule has 0 spiro atoms. The summed E-state index contributed by atoms with van der Waals surface area (Å²) in [5, 5.41) is 0. The van der Waals surface area contributed by atoms with E-state index in [0.29, 0.717) is 23.3 Å². The molecule has 16 heavy (non-hydrogen) atoms. The third-order valence-electron chi connectivity index (χ3n) is 3.43. The van der Waals surface area contributed by atoms with Crippen LogP contribution in [0.25, 0.3) is 0 Å². The Kier molecular flexibility index (Phi) is 3.40. The molecule has 2 aliphatic rings. The summed E-state index contributed by atoms with van der Waals surface area (Å²) in [7, 11) is -2.71. The SMILES string of the molecule is CC1=CC(C)CN(CC2CCS(=O)(=O)C2)C1. The van der Waals surface area contributed by atoms with E-state index in [-0.39, 0.29) is 0 Å². The maximum atomic E-state index is 11.4. The Labute approximate surface area is 98.4 Å². The molecule has 0 N–H and O–H groups in total. The number of hydrogen-bond acceptors (Lipinski definition) is 3. The fourth-order valence-corrected chi connectivity index (χ4v) is 4.79. The topological polar surface area (TPSA) is 37.4 Å². The molecule has 4 heteroatoms. The van der Waals surface area contributed by atoms with Gasteiger partial charge in [0.05, 0.1) is 11.5 Å². The maximum absolute atomic E-state index is 11.4. The third-order valence-corrected chi connectivity index (χ3v) is 5.27. The molecule has 2 aliphatic heterocycles. The summed E-state index contributed by atoms with van der Waals surface area (Å²) < 4.78 is 22.8. The van der Waals surface area contributed by atoms with E-state index < -0.39 is 9.84 Å². The summed E-state index contributed by atoms with van der Waals surface area (Å²) >= 11 is 0. The molecule has 0 bridgehead atoms. The van der Waals surface area contributed by atoms with Crippen LogP contribution in [-0.4, -0.2) is 44.5 Å². The highest BCUT2D eigenvalue weighted by molar-refractivity contribution is 7.91. The smallest absolute Gasteiger partial charge is 0.150 e. The zero-order valence-corrected chi connectivity index (χ0v) is 11.0. The quantitative estimate of drug-likeness (QED) is 0.686. The van der Waals surface area contributed by atoms with E-state index in [4.69, 9.17) is 0 Å². The van der Waals surface area contributed by atoms with Crippen LogP contribution in [-0.2, 0) is 9.84 Å². The largest absolute Gasteiger partial charge is 0.299 e. The van der Waals surface area contributed by atoms with Gasteiger partial charge in [-0.15, -0.1) is 0 Å². The van der Waals surface area contributed by atoms with Gasteiger partial charge in [-0.25, -0.2) is 8.42 Å². The zero-order chi connectivity index (χ0) is 11.8. The van der Waals surface area contributed by atoms with E-state index in [1.807, 2.05) is 0 Å². The summed E-state index contributed by atoms with van der Waals surface area (Å²) in [6, 6.07) is 0. The second kappa shape index (κ2) is 4.49. The standard InChI is InChI=1S/C12H21NO2S/c1-10-5-11(2)7-13(6-10)8-12-3-4-16(14,15)9-12/h5,10,12H,3-4,6-9H2,1-2H3. The molecule has 0 radical (unpaired) electrons. The lowest BCUT2D eigenvalue weighted by Gasteiger charge is -2.31. The molecule has 0 aromatic rings. The van der Waals surface area contributed by atoms with Gasteiger partial charge < -0.3 is 0 Å². The molecular weight excluding hydrogens is 222 g/mol. The van der Waals surface area contributed by atoms with Gasteiger partial charge in [0.2, 0.25) is 0 Å². The third kappa shape index (κ3) is 3.08. The Hall–Kier alpha value is -0.350. The molecule has 92 valence electrons. The van der Waals surface area contributed by atoms with Crippen molar-refractivity contribution in [2.24, 2.45) is 11.8 Å². The Balaban J connectivity index is 1.90. The van der Waals surface area contributed by atoms with Crippen LogP contribution in [0.5, 0.6) is 0 Å². The van der Waals surface area contributed by atoms with Crippen molar-refractivity contribution in [1.82, 2.24) is 4.90 Å². The second-order valence-corrected chi connectivity index (χ2v) is 7.68. The first kappa shape index (κ1) is 12.1. The van der Waals surface area contributed by atoms with Crippen LogP contribution in [0.4, 0.5) is 0 Å². The van der Waals surface area contributed by atoms with E-state index in [1.165, 1.54) is 5.57 Å². The molecule has 1 saturated heterocycles. The van der Waals surface area contributed by atoms with Crippen molar-refractivity contribution in [3.05, 3.63) is 11.6 Å². The Morgan fingerprint density at radius 1 is 1.50 bits per heavy atom. The van der Waals surface area contributed by atoms with E-state index in [1.54, 1.807) is 0 Å². The zero-order valence-electron chi connectivity index (χ0n) is 10.1. The fourth-order valence-electron chi connectivity index (χ4n) is 2.94. The molecule has 2 unspecified atom stereocenters. The molecule has 0 aromatic carbocycles. The van der Waals surface area contributed by atoms with Gasteiger partial charge in [-0.2, -0.15) is 0 Å². The van der Waals surface area contributed by atoms with Crippen LogP contribution in [0.2, 0.25) is 0 Å². The first-order chi connectivity index (χ1) is 7.44. The van der Waals surface area contributed by atoms with E-state index >= 15 is 0 Å². The van der Waals surface area contributed by atoms with Gasteiger partial charge in [0.15, 0.2) is 9.84 Å². The van der Waals surface area contributed by atoms with Crippen LogP contribution in [0.3, 0.4) is 0 Å². The molecule has 0 aromatic heterocycles. The van der Waals surface area contributed by atoms with Gasteiger partial charge in [-0.3, -0.25) is 4.90 Å². The predicted molar refractivity (Wildman–Crippen MR) is 66.1 cm³/mol. The Bertz CT molecular complexity index is 386. The molecule has 3 nitrogen and oxygen atoms in total. The van der Waals surface area contributed by atoms with Crippen LogP contribution in [0.1, 0.15) is 20.3 Å². The van der Waals surface area contributed by atoms with E-state index in [2.05, 4.69) is 24.8 Å². The number of nitrogens with zero attached hydrogens (tertiary/aromatic N) is 1. The maximum Gasteiger partial charge on any atom is 0.150 e. The lowest BCUT2D eigenvalue weighted by molar-refractivity contribution is 0.227. The van der Waals surface area contributed by atoms with Gasteiger partial charge in [0.25, 0.3) is 0 Å². The average Bonchev–Trinajstić information content (AvgIpc) is 2.43. The molecule has 2 heterocycles. The Morgan fingerprint density at radius 3 is 2.81 bits per heavy atom. The lowest BCUT2D eigenvalue weighted by Crippen LogP contribution is -2.37. The molecule has 0 amide bonds. The van der Waals surface area contributed by atoms with Crippen LogP contribution < -0.4 is 0 Å². The van der Waals surface area contributed by atoms with Gasteiger partial charge in [0.1, 0.15) is 0 Å². The number of rotatable bonds is 2. The van der Waals surface area contributed by atoms with Gasteiger partial charge in [0, 0.05) is 19.6 Å². The van der Waals surface area contributed by atoms with Crippen molar-refractivity contribution in [1.29, 1.82) is 0 Å². The van der Waals surface area contributed by atoms with Gasteiger partial charge in [-0.05, 0) is 25.2 Å². The van der Waals surface area contributed by atoms with Crippen molar-refractivity contribution < 1.29 is 8.42 Å². The minimum Gasteiger partial charge on any atom is -0.299 e. The summed E-state index contributed by atoms with van der Waals surface area (Å²) in [5.74, 6) is 1.77. The highest BCUT2D eigenvalue weighted by Crippen LogP contribution is 2.22. The number of hydrogen-bond donors (Lipinski definition) is 0. The first-order valence-corrected chi connectivity index (χ1v) is 7.87. The molecule has 0 saturated carbocycles. The van der Waals surface area contributed by atoms with Crippen LogP contribution in [0, 0.1) is 11.8 Å².